The number of benzene rings is 2. The number of hydrogen-bond donors (Lipinski definition) is 2. The average molecular weight is 446 g/mol. The van der Waals surface area contributed by atoms with Crippen LogP contribution in [0.25, 0.3) is 22.7 Å². The first-order valence-corrected chi connectivity index (χ1v) is 10.3. The molecular formula is C23H18N4O4S. The van der Waals surface area contributed by atoms with Crippen molar-refractivity contribution in [3.8, 4) is 23.0 Å². The Morgan fingerprint density at radius 1 is 1.06 bits per heavy atom. The SMILES string of the molecule is Cc1ccc(-c2nc3ncccc3o2)cc1NC(=S)NC(=O)c1ccc2c(c1)OCCO2. The van der Waals surface area contributed by atoms with Crippen LogP contribution in [0.3, 0.4) is 0 Å². The number of amides is 1. The Balaban J connectivity index is 1.32. The highest BCUT2D eigenvalue weighted by atomic mass is 32.1. The summed E-state index contributed by atoms with van der Waals surface area (Å²) in [7, 11) is 0. The van der Waals surface area contributed by atoms with E-state index >= 15 is 0 Å². The Morgan fingerprint density at radius 2 is 1.91 bits per heavy atom. The van der Waals surface area contributed by atoms with E-state index in [1.807, 2.05) is 31.2 Å². The predicted octanol–water partition coefficient (Wildman–Crippen LogP) is 4.10. The number of thiocarbonyl (C=S) groups is 1. The lowest BCUT2D eigenvalue weighted by molar-refractivity contribution is 0.0976. The lowest BCUT2D eigenvalue weighted by Gasteiger charge is -2.19. The first-order valence-electron chi connectivity index (χ1n) is 9.91. The fourth-order valence-corrected chi connectivity index (χ4v) is 3.50. The van der Waals surface area contributed by atoms with Crippen molar-refractivity contribution in [3.05, 3.63) is 65.9 Å². The third-order valence-corrected chi connectivity index (χ3v) is 5.13. The molecule has 32 heavy (non-hydrogen) atoms. The van der Waals surface area contributed by atoms with E-state index in [9.17, 15) is 4.79 Å². The summed E-state index contributed by atoms with van der Waals surface area (Å²) >= 11 is 5.36. The van der Waals surface area contributed by atoms with Crippen LogP contribution in [0.15, 0.2) is 59.1 Å². The minimum Gasteiger partial charge on any atom is -0.486 e. The second-order valence-electron chi connectivity index (χ2n) is 7.14. The third-order valence-electron chi connectivity index (χ3n) is 4.93. The molecule has 0 saturated heterocycles. The summed E-state index contributed by atoms with van der Waals surface area (Å²) < 4.78 is 16.8. The summed E-state index contributed by atoms with van der Waals surface area (Å²) in [5.41, 5.74) is 4.00. The summed E-state index contributed by atoms with van der Waals surface area (Å²) in [6.45, 7) is 2.87. The van der Waals surface area contributed by atoms with Gasteiger partial charge in [-0.2, -0.15) is 4.98 Å². The first-order chi connectivity index (χ1) is 15.6. The second-order valence-corrected chi connectivity index (χ2v) is 7.55. The summed E-state index contributed by atoms with van der Waals surface area (Å²) in [4.78, 5) is 21.3. The Morgan fingerprint density at radius 3 is 2.75 bits per heavy atom. The van der Waals surface area contributed by atoms with Crippen molar-refractivity contribution in [2.45, 2.75) is 6.92 Å². The van der Waals surface area contributed by atoms with Gasteiger partial charge in [0.1, 0.15) is 13.2 Å². The number of hydrogen-bond acceptors (Lipinski definition) is 7. The summed E-state index contributed by atoms with van der Waals surface area (Å²) in [5.74, 6) is 1.26. The zero-order valence-corrected chi connectivity index (χ0v) is 17.9. The fraction of sp³-hybridized carbons (Fsp3) is 0.130. The van der Waals surface area contributed by atoms with Crippen LogP contribution in [0.4, 0.5) is 5.69 Å². The van der Waals surface area contributed by atoms with Gasteiger partial charge in [0.25, 0.3) is 5.91 Å². The molecule has 2 N–H and O–H groups in total. The largest absolute Gasteiger partial charge is 0.486 e. The number of nitrogens with one attached hydrogen (secondary N) is 2. The number of aryl methyl sites for hydroxylation is 1. The van der Waals surface area contributed by atoms with E-state index in [0.717, 1.165) is 16.8 Å². The molecule has 1 aliphatic rings. The van der Waals surface area contributed by atoms with Gasteiger partial charge in [-0.1, -0.05) is 6.07 Å². The van der Waals surface area contributed by atoms with Crippen LogP contribution in [-0.2, 0) is 0 Å². The van der Waals surface area contributed by atoms with Crippen molar-refractivity contribution >= 4 is 40.2 Å². The summed E-state index contributed by atoms with van der Waals surface area (Å²) in [6.07, 6.45) is 1.67. The van der Waals surface area contributed by atoms with Gasteiger partial charge in [-0.05, 0) is 67.2 Å². The fourth-order valence-electron chi connectivity index (χ4n) is 3.30. The van der Waals surface area contributed by atoms with Crippen molar-refractivity contribution < 1.29 is 18.7 Å². The van der Waals surface area contributed by atoms with E-state index in [2.05, 4.69) is 20.6 Å². The molecule has 9 heteroatoms. The first kappa shape index (κ1) is 20.0. The number of ether oxygens (including phenoxy) is 2. The van der Waals surface area contributed by atoms with Crippen molar-refractivity contribution in [1.82, 2.24) is 15.3 Å². The monoisotopic (exact) mass is 446 g/mol. The van der Waals surface area contributed by atoms with Gasteiger partial charge >= 0.3 is 0 Å². The van der Waals surface area contributed by atoms with E-state index in [1.165, 1.54) is 0 Å². The maximum absolute atomic E-state index is 12.6. The van der Waals surface area contributed by atoms with Crippen molar-refractivity contribution in [1.29, 1.82) is 0 Å². The van der Waals surface area contributed by atoms with Crippen LogP contribution < -0.4 is 20.1 Å². The molecule has 1 aliphatic heterocycles. The maximum atomic E-state index is 12.6. The van der Waals surface area contributed by atoms with Gasteiger partial charge in [-0.3, -0.25) is 10.1 Å². The highest BCUT2D eigenvalue weighted by Crippen LogP contribution is 2.31. The molecule has 0 bridgehead atoms. The van der Waals surface area contributed by atoms with E-state index in [0.29, 0.717) is 47.4 Å². The van der Waals surface area contributed by atoms with Crippen LogP contribution >= 0.6 is 12.2 Å². The molecule has 0 fully saturated rings. The van der Waals surface area contributed by atoms with Gasteiger partial charge in [0.15, 0.2) is 27.8 Å². The molecule has 3 heterocycles. The average Bonchev–Trinajstić information content (AvgIpc) is 3.24. The van der Waals surface area contributed by atoms with E-state index in [-0.39, 0.29) is 11.0 Å². The van der Waals surface area contributed by atoms with Crippen LogP contribution in [0, 0.1) is 6.92 Å². The van der Waals surface area contributed by atoms with Gasteiger partial charge in [-0.25, -0.2) is 4.98 Å². The van der Waals surface area contributed by atoms with Crippen LogP contribution in [0.2, 0.25) is 0 Å². The number of oxazole rings is 1. The molecule has 0 unspecified atom stereocenters. The number of anilines is 1. The third kappa shape index (κ3) is 3.97. The van der Waals surface area contributed by atoms with Gasteiger partial charge in [0.2, 0.25) is 5.89 Å². The lowest BCUT2D eigenvalue weighted by Crippen LogP contribution is -2.34. The maximum Gasteiger partial charge on any atom is 0.257 e. The number of rotatable bonds is 3. The molecule has 0 saturated carbocycles. The standard InChI is InChI=1S/C23H18N4O4S/c1-13-4-5-15(22-26-20-18(31-22)3-2-8-24-20)11-16(13)25-23(32)27-21(28)14-6-7-17-19(12-14)30-10-9-29-17/h2-8,11-12H,9-10H2,1H3,(H2,25,27,28,32). The zero-order valence-electron chi connectivity index (χ0n) is 17.0. The van der Waals surface area contributed by atoms with Gasteiger partial charge in [0.05, 0.1) is 0 Å². The highest BCUT2D eigenvalue weighted by Gasteiger charge is 2.16. The van der Waals surface area contributed by atoms with Gasteiger partial charge < -0.3 is 19.2 Å². The molecular weight excluding hydrogens is 428 g/mol. The summed E-state index contributed by atoms with van der Waals surface area (Å²) in [5, 5.41) is 5.94. The molecule has 0 atom stereocenters. The Kier molecular flexibility index (Phi) is 5.16. The van der Waals surface area contributed by atoms with E-state index in [1.54, 1.807) is 30.5 Å². The van der Waals surface area contributed by atoms with Crippen LogP contribution in [0.1, 0.15) is 15.9 Å². The number of aromatic nitrogens is 2. The Bertz CT molecular complexity index is 1320. The normalized spacial score (nSPS) is 12.4. The molecule has 160 valence electrons. The van der Waals surface area contributed by atoms with Crippen molar-refractivity contribution in [3.63, 3.8) is 0 Å². The number of carbonyl (C=O) groups is 1. The zero-order chi connectivity index (χ0) is 22.1. The van der Waals surface area contributed by atoms with Crippen molar-refractivity contribution in [2.75, 3.05) is 18.5 Å². The molecule has 1 amide bonds. The lowest BCUT2D eigenvalue weighted by atomic mass is 10.1. The molecule has 5 rings (SSSR count). The van der Waals surface area contributed by atoms with Gasteiger partial charge in [0, 0.05) is 23.0 Å². The van der Waals surface area contributed by atoms with E-state index in [4.69, 9.17) is 26.1 Å². The highest BCUT2D eigenvalue weighted by molar-refractivity contribution is 7.80. The number of nitrogens with zero attached hydrogens (tertiary/aromatic N) is 2. The molecule has 2 aromatic carbocycles. The molecule has 8 nitrogen and oxygen atoms in total. The van der Waals surface area contributed by atoms with Gasteiger partial charge in [-0.15, -0.1) is 0 Å². The molecule has 2 aromatic heterocycles. The minimum atomic E-state index is -0.349. The Hall–Kier alpha value is -3.98. The second kappa shape index (κ2) is 8.27. The molecule has 0 aliphatic carbocycles. The predicted molar refractivity (Wildman–Crippen MR) is 123 cm³/mol. The van der Waals surface area contributed by atoms with E-state index < -0.39 is 0 Å². The molecule has 0 spiro atoms. The quantitative estimate of drug-likeness (QED) is 0.454. The van der Waals surface area contributed by atoms with Crippen LogP contribution in [-0.4, -0.2) is 34.2 Å². The molecule has 4 aromatic rings. The number of fused-ring (bicyclic) bond motifs is 2. The molecule has 0 radical (unpaired) electrons. The topological polar surface area (TPSA) is 98.5 Å². The summed E-state index contributed by atoms with van der Waals surface area (Å²) in [6, 6.07) is 14.3. The smallest absolute Gasteiger partial charge is 0.257 e. The minimum absolute atomic E-state index is 0.171. The van der Waals surface area contributed by atoms with Crippen LogP contribution in [0.5, 0.6) is 11.5 Å². The number of pyridine rings is 1. The number of carbonyl (C=O) groups excluding carboxylic acids is 1. The van der Waals surface area contributed by atoms with Crippen molar-refractivity contribution in [2.24, 2.45) is 0 Å². The Labute approximate surface area is 188 Å².